The first-order chi connectivity index (χ1) is 21.8. The van der Waals surface area contributed by atoms with E-state index >= 15 is 4.39 Å². The Kier molecular flexibility index (Phi) is 8.46. The van der Waals surface area contributed by atoms with Gasteiger partial charge in [0.1, 0.15) is 0 Å². The number of hydrogen-bond acceptors (Lipinski definition) is 5. The van der Waals surface area contributed by atoms with E-state index in [1.807, 2.05) is 0 Å². The third kappa shape index (κ3) is 5.69. The van der Waals surface area contributed by atoms with Crippen molar-refractivity contribution >= 4 is 29.4 Å². The Labute approximate surface area is 275 Å². The number of carbonyl (C=O) groups is 3. The molecule has 2 heterocycles. The molecule has 2 aliphatic carbocycles. The molecule has 6 rings (SSSR count). The van der Waals surface area contributed by atoms with Crippen LogP contribution < -0.4 is 21.5 Å². The predicted molar refractivity (Wildman–Crippen MR) is 153 cm³/mol. The van der Waals surface area contributed by atoms with E-state index in [-0.39, 0.29) is 70.3 Å². The Morgan fingerprint density at radius 1 is 1.17 bits per heavy atom. The maximum atomic E-state index is 15.3. The Balaban J connectivity index is 1.42. The van der Waals surface area contributed by atoms with Crippen LogP contribution in [0.2, 0.25) is 5.02 Å². The first kappa shape index (κ1) is 32.2. The van der Waals surface area contributed by atoms with Gasteiger partial charge in [-0.2, -0.15) is 0 Å². The Hall–Kier alpha value is -3.79. The minimum absolute atomic E-state index is 0.0295. The second-order valence-electron chi connectivity index (χ2n) is 11.3. The number of alkyl halides is 4. The molecule has 0 spiro atoms. The molecule has 2 aromatic heterocycles. The van der Waals surface area contributed by atoms with E-state index < -0.39 is 56.7 Å². The van der Waals surface area contributed by atoms with E-state index in [1.165, 1.54) is 30.3 Å². The summed E-state index contributed by atoms with van der Waals surface area (Å²) in [5, 5.41) is 17.7. The molecule has 0 aliphatic heterocycles. The number of carboxylic acids is 1. The molecular formula is C31H26ClF4IN5O4-. The summed E-state index contributed by atoms with van der Waals surface area (Å²) < 4.78 is 63.0. The number of carbonyl (C=O) groups excluding carboxylic acids is 2. The van der Waals surface area contributed by atoms with Crippen molar-refractivity contribution in [3.63, 3.8) is 0 Å². The fourth-order valence-corrected chi connectivity index (χ4v) is 8.10. The average molecular weight is 771 g/mol. The first-order valence-electron chi connectivity index (χ1n) is 14.2. The fraction of sp³-hybridized carbons (Fsp3) is 0.323. The molecule has 242 valence electrons. The summed E-state index contributed by atoms with van der Waals surface area (Å²) in [4.78, 5) is 39.2. The Morgan fingerprint density at radius 2 is 1.93 bits per heavy atom. The molecule has 1 N–H and O–H groups in total. The Bertz CT molecular complexity index is 1860. The van der Waals surface area contributed by atoms with Crippen LogP contribution >= 0.6 is 11.6 Å². The number of aromatic carboxylic acids is 1. The Morgan fingerprint density at radius 3 is 2.57 bits per heavy atom. The van der Waals surface area contributed by atoms with Crippen molar-refractivity contribution in [2.75, 3.05) is 7.05 Å². The van der Waals surface area contributed by atoms with Crippen molar-refractivity contribution in [2.45, 2.75) is 48.2 Å². The first-order valence-corrected chi connectivity index (χ1v) is 17.1. The number of fused-ring (bicyclic) bond motifs is 1. The van der Waals surface area contributed by atoms with Crippen LogP contribution in [0.5, 0.6) is 0 Å². The standard InChI is InChI=1S/C31H26ClF4IN5O4/c1-40(37-16-41-13-3-12-38-41)27(43)17-6-9-20-24(15-17)42(39-26(20)19-8-7-18(29(45)46)14-23(19)33)28(44)25-21(4-2-5-22(25)32)30(10-11-30)31(34,35)36/h2-5,7-8,12-14,17H,6,9-11,15-16H2,1H3,(H,45,46)/q-1. The van der Waals surface area contributed by atoms with Gasteiger partial charge in [0.2, 0.25) is 0 Å². The van der Waals surface area contributed by atoms with Gasteiger partial charge in [-0.25, -0.2) is 4.79 Å². The molecule has 2 aliphatic rings. The molecule has 4 aromatic rings. The van der Waals surface area contributed by atoms with Crippen LogP contribution in [-0.2, 0) is 27.6 Å². The van der Waals surface area contributed by atoms with Crippen LogP contribution in [0.1, 0.15) is 56.8 Å². The quantitative estimate of drug-likeness (QED) is 0.128. The molecule has 1 fully saturated rings. The second kappa shape index (κ2) is 12.1. The van der Waals surface area contributed by atoms with E-state index in [4.69, 9.17) is 11.6 Å². The summed E-state index contributed by atoms with van der Waals surface area (Å²) in [6.07, 6.45) is -0.978. The number of aromatic nitrogens is 4. The van der Waals surface area contributed by atoms with E-state index in [9.17, 15) is 32.7 Å². The van der Waals surface area contributed by atoms with Gasteiger partial charge in [0.25, 0.3) is 0 Å². The van der Waals surface area contributed by atoms with E-state index in [0.29, 0.717) is 16.5 Å². The zero-order valence-electron chi connectivity index (χ0n) is 24.2. The van der Waals surface area contributed by atoms with Gasteiger partial charge in [-0.05, 0) is 0 Å². The van der Waals surface area contributed by atoms with Gasteiger partial charge in [-0.3, -0.25) is 0 Å². The van der Waals surface area contributed by atoms with E-state index in [2.05, 4.69) is 10.2 Å². The number of halogens is 6. The van der Waals surface area contributed by atoms with Gasteiger partial charge in [0.05, 0.1) is 0 Å². The average Bonchev–Trinajstić information content (AvgIpc) is 3.53. The third-order valence-electron chi connectivity index (χ3n) is 8.54. The summed E-state index contributed by atoms with van der Waals surface area (Å²) in [5.74, 6) is -3.88. The van der Waals surface area contributed by atoms with Crippen molar-refractivity contribution in [3.05, 3.63) is 93.6 Å². The number of benzene rings is 2. The van der Waals surface area contributed by atoms with Crippen molar-refractivity contribution in [3.8, 4) is 11.3 Å². The summed E-state index contributed by atoms with van der Waals surface area (Å²) >= 11 is 5.64. The van der Waals surface area contributed by atoms with Crippen molar-refractivity contribution in [2.24, 2.45) is 5.92 Å². The van der Waals surface area contributed by atoms with Gasteiger partial charge in [0, 0.05) is 0 Å². The molecule has 9 nitrogen and oxygen atoms in total. The molecule has 46 heavy (non-hydrogen) atoms. The van der Waals surface area contributed by atoms with Crippen LogP contribution in [0.3, 0.4) is 0 Å². The predicted octanol–water partition coefficient (Wildman–Crippen LogP) is 2.74. The summed E-state index contributed by atoms with van der Waals surface area (Å²) in [5.41, 5.74) is -2.43. The molecule has 0 radical (unpaired) electrons. The van der Waals surface area contributed by atoms with E-state index in [1.54, 1.807) is 33.3 Å². The molecule has 0 saturated heterocycles. The number of nitrogens with zero attached hydrogens (tertiary/aromatic N) is 5. The van der Waals surface area contributed by atoms with Gasteiger partial charge in [-0.1, -0.05) is 0 Å². The summed E-state index contributed by atoms with van der Waals surface area (Å²) in [7, 11) is 1.70. The fourth-order valence-electron chi connectivity index (χ4n) is 5.94. The van der Waals surface area contributed by atoms with Crippen LogP contribution in [-0.4, -0.2) is 58.8 Å². The normalized spacial score (nSPS) is 17.0. The molecule has 15 heteroatoms. The van der Waals surface area contributed by atoms with Crippen LogP contribution in [0.4, 0.5) is 17.6 Å². The van der Waals surface area contributed by atoms with Gasteiger partial charge in [-0.15, -0.1) is 0 Å². The maximum absolute atomic E-state index is 15.3. The zero-order chi connectivity index (χ0) is 33.0. The molecule has 1 unspecified atom stereocenters. The van der Waals surface area contributed by atoms with Gasteiger partial charge in [0.15, 0.2) is 0 Å². The van der Waals surface area contributed by atoms with Crippen LogP contribution in [0.25, 0.3) is 11.3 Å². The molecule has 0 bridgehead atoms. The van der Waals surface area contributed by atoms with Crippen molar-refractivity contribution in [1.82, 2.24) is 22.7 Å². The zero-order valence-corrected chi connectivity index (χ0v) is 27.1. The SMILES string of the molecule is CN([I-]Cn1cccn1)C(=O)C1CCc2c(-c3ccc(C(=O)O)cc3F)nn(C(=O)c3c(Cl)cccc3C3(C(F)(F)F)CC3)c2C1. The number of hydrogen-bond donors (Lipinski definition) is 1. The molecular weight excluding hydrogens is 745 g/mol. The monoisotopic (exact) mass is 770 g/mol. The third-order valence-corrected chi connectivity index (χ3v) is 11.4. The molecule has 1 amide bonds. The van der Waals surface area contributed by atoms with Crippen LogP contribution in [0, 0.1) is 11.7 Å². The summed E-state index contributed by atoms with van der Waals surface area (Å²) in [6, 6.07) is 9.00. The van der Waals surface area contributed by atoms with Crippen molar-refractivity contribution in [1.29, 1.82) is 0 Å². The minimum atomic E-state index is -4.63. The number of carboxylic acid groups (broad SMARTS) is 1. The van der Waals surface area contributed by atoms with Crippen molar-refractivity contribution < 1.29 is 58.5 Å². The number of rotatable bonds is 8. The molecule has 1 atom stereocenters. The van der Waals surface area contributed by atoms with Gasteiger partial charge < -0.3 is 5.11 Å². The molecule has 2 aromatic carbocycles. The molecule has 1 saturated carbocycles. The second-order valence-corrected chi connectivity index (χ2v) is 14.5. The van der Waals surface area contributed by atoms with E-state index in [0.717, 1.165) is 10.7 Å². The van der Waals surface area contributed by atoms with Crippen LogP contribution in [0.15, 0.2) is 54.9 Å². The topological polar surface area (TPSA) is 110 Å². The van der Waals surface area contributed by atoms with Gasteiger partial charge >= 0.3 is 267 Å². The summed E-state index contributed by atoms with van der Waals surface area (Å²) in [6.45, 7) is 0. The number of amides is 1.